The van der Waals surface area contributed by atoms with Crippen molar-refractivity contribution in [1.29, 1.82) is 0 Å². The molecule has 5 rings (SSSR count). The van der Waals surface area contributed by atoms with Crippen LogP contribution in [0.4, 0.5) is 10.5 Å². The summed E-state index contributed by atoms with van der Waals surface area (Å²) >= 11 is 3.50. The number of hydrogen-bond acceptors (Lipinski definition) is 6. The van der Waals surface area contributed by atoms with Gasteiger partial charge in [-0.2, -0.15) is 0 Å². The second-order valence-electron chi connectivity index (χ2n) is 10.6. The average molecular weight is 591 g/mol. The normalized spacial score (nSPS) is 16.8. The Hall–Kier alpha value is -2.72. The predicted octanol–water partition coefficient (Wildman–Crippen LogP) is 5.64. The molecule has 0 atom stereocenters. The van der Waals surface area contributed by atoms with E-state index in [1.807, 2.05) is 39.0 Å². The summed E-state index contributed by atoms with van der Waals surface area (Å²) in [6, 6.07) is 11.1. The fraction of sp³-hybridized carbons (Fsp3) is 0.444. The Morgan fingerprint density at radius 3 is 2.35 bits per heavy atom. The number of sulfone groups is 1. The molecular formula is C27H32BrN3O5S. The third-order valence-electron chi connectivity index (χ3n) is 6.72. The number of ether oxygens (including phenoxy) is 2. The molecule has 2 fully saturated rings. The number of anilines is 1. The fourth-order valence-corrected chi connectivity index (χ4v) is 6.57. The first-order valence-corrected chi connectivity index (χ1v) is 14.7. The lowest BCUT2D eigenvalue weighted by Gasteiger charge is -2.37. The van der Waals surface area contributed by atoms with Gasteiger partial charge in [-0.15, -0.1) is 0 Å². The van der Waals surface area contributed by atoms with Gasteiger partial charge in [-0.05, 0) is 70.0 Å². The summed E-state index contributed by atoms with van der Waals surface area (Å²) in [4.78, 5) is 16.7. The number of methoxy groups -OCH3 is 1. The minimum Gasteiger partial charge on any atom is -0.495 e. The molecule has 0 bridgehead atoms. The molecule has 1 amide bonds. The molecular weight excluding hydrogens is 558 g/mol. The van der Waals surface area contributed by atoms with Crippen molar-refractivity contribution >= 4 is 48.5 Å². The van der Waals surface area contributed by atoms with E-state index in [4.69, 9.17) is 9.47 Å². The fourth-order valence-electron chi connectivity index (χ4n) is 4.73. The smallest absolute Gasteiger partial charge is 0.410 e. The van der Waals surface area contributed by atoms with Crippen molar-refractivity contribution in [2.45, 2.75) is 55.0 Å². The van der Waals surface area contributed by atoms with Crippen LogP contribution < -0.4 is 9.64 Å². The zero-order valence-electron chi connectivity index (χ0n) is 21.5. The molecule has 2 heterocycles. The van der Waals surface area contributed by atoms with Crippen LogP contribution in [0.2, 0.25) is 0 Å². The van der Waals surface area contributed by atoms with Gasteiger partial charge in [0.1, 0.15) is 11.4 Å². The van der Waals surface area contributed by atoms with Crippen LogP contribution in [-0.2, 0) is 14.6 Å². The van der Waals surface area contributed by atoms with Crippen molar-refractivity contribution in [2.24, 2.45) is 0 Å². The molecule has 0 radical (unpaired) electrons. The number of fused-ring (bicyclic) bond motifs is 1. The van der Waals surface area contributed by atoms with Crippen LogP contribution in [0.3, 0.4) is 0 Å². The second kappa shape index (κ2) is 9.54. The number of piperazine rings is 1. The van der Waals surface area contributed by atoms with Gasteiger partial charge in [-0.25, -0.2) is 13.2 Å². The maximum Gasteiger partial charge on any atom is 0.410 e. The van der Waals surface area contributed by atoms with Crippen LogP contribution >= 0.6 is 15.9 Å². The molecule has 1 saturated heterocycles. The highest BCUT2D eigenvalue weighted by Crippen LogP contribution is 2.42. The number of hydrogen-bond donors (Lipinski definition) is 0. The third kappa shape index (κ3) is 5.18. The van der Waals surface area contributed by atoms with Crippen LogP contribution in [-0.4, -0.2) is 62.9 Å². The summed E-state index contributed by atoms with van der Waals surface area (Å²) in [7, 11) is -2.23. The number of benzene rings is 2. The lowest BCUT2D eigenvalue weighted by molar-refractivity contribution is 0.0240. The molecule has 0 N–H and O–H groups in total. The van der Waals surface area contributed by atoms with Gasteiger partial charge >= 0.3 is 6.09 Å². The topological polar surface area (TPSA) is 81.1 Å². The number of halogens is 1. The number of carbonyl (C=O) groups excluding carboxylic acids is 1. The minimum atomic E-state index is -3.81. The molecule has 10 heteroatoms. The SMILES string of the molecule is COc1ccc(S(=O)(=O)c2cn(C3CC3)c3ccc(Br)cc23)cc1N1CCN(C(=O)OC(C)(C)C)CC1. The van der Waals surface area contributed by atoms with E-state index in [-0.39, 0.29) is 11.0 Å². The molecule has 1 aliphatic heterocycles. The largest absolute Gasteiger partial charge is 0.495 e. The maximum absolute atomic E-state index is 14.0. The Labute approximate surface area is 226 Å². The van der Waals surface area contributed by atoms with E-state index in [0.717, 1.165) is 22.8 Å². The Balaban J connectivity index is 1.46. The first-order valence-electron chi connectivity index (χ1n) is 12.4. The summed E-state index contributed by atoms with van der Waals surface area (Å²) in [6.07, 6.45) is 3.56. The number of rotatable bonds is 5. The lowest BCUT2D eigenvalue weighted by Crippen LogP contribution is -2.50. The van der Waals surface area contributed by atoms with Crippen LogP contribution in [0.25, 0.3) is 10.9 Å². The Kier molecular flexibility index (Phi) is 6.68. The van der Waals surface area contributed by atoms with E-state index >= 15 is 0 Å². The van der Waals surface area contributed by atoms with E-state index in [1.54, 1.807) is 36.4 Å². The molecule has 3 aromatic rings. The van der Waals surface area contributed by atoms with Crippen molar-refractivity contribution in [3.05, 3.63) is 47.1 Å². The summed E-state index contributed by atoms with van der Waals surface area (Å²) < 4.78 is 42.0. The van der Waals surface area contributed by atoms with Crippen molar-refractivity contribution in [2.75, 3.05) is 38.2 Å². The predicted molar refractivity (Wildman–Crippen MR) is 146 cm³/mol. The van der Waals surface area contributed by atoms with E-state index in [2.05, 4.69) is 25.4 Å². The average Bonchev–Trinajstić information content (AvgIpc) is 3.62. The quantitative estimate of drug-likeness (QED) is 0.383. The Morgan fingerprint density at radius 2 is 1.73 bits per heavy atom. The van der Waals surface area contributed by atoms with Gasteiger partial charge in [0, 0.05) is 53.8 Å². The molecule has 1 aromatic heterocycles. The number of nitrogens with zero attached hydrogens (tertiary/aromatic N) is 3. The minimum absolute atomic E-state index is 0.215. The highest BCUT2D eigenvalue weighted by atomic mass is 79.9. The van der Waals surface area contributed by atoms with E-state index < -0.39 is 15.4 Å². The van der Waals surface area contributed by atoms with Gasteiger partial charge in [0.25, 0.3) is 0 Å². The third-order valence-corrected chi connectivity index (χ3v) is 8.99. The first kappa shape index (κ1) is 25.9. The van der Waals surface area contributed by atoms with Gasteiger partial charge in [0.15, 0.2) is 0 Å². The van der Waals surface area contributed by atoms with Crippen LogP contribution in [0.1, 0.15) is 39.7 Å². The van der Waals surface area contributed by atoms with E-state index in [1.165, 1.54) is 0 Å². The van der Waals surface area contributed by atoms with Crippen molar-refractivity contribution in [3.63, 3.8) is 0 Å². The number of aromatic nitrogens is 1. The molecule has 0 spiro atoms. The summed E-state index contributed by atoms with van der Waals surface area (Å²) in [6.45, 7) is 7.55. The van der Waals surface area contributed by atoms with E-state index in [9.17, 15) is 13.2 Å². The molecule has 1 saturated carbocycles. The molecule has 2 aliphatic rings. The Bertz CT molecular complexity index is 1450. The molecule has 8 nitrogen and oxygen atoms in total. The molecule has 198 valence electrons. The van der Waals surface area contributed by atoms with Crippen molar-refractivity contribution < 1.29 is 22.7 Å². The summed E-state index contributed by atoms with van der Waals surface area (Å²) in [5.41, 5.74) is 1.06. The van der Waals surface area contributed by atoms with Crippen molar-refractivity contribution in [3.8, 4) is 5.75 Å². The van der Waals surface area contributed by atoms with Crippen LogP contribution in [0, 0.1) is 0 Å². The monoisotopic (exact) mass is 589 g/mol. The van der Waals surface area contributed by atoms with Gasteiger partial charge in [-0.3, -0.25) is 0 Å². The standard InChI is InChI=1S/C27H32BrN3O5S/c1-27(2,3)36-26(32)30-13-11-29(12-14-30)23-16-20(8-10-24(23)35-4)37(33,34)25-17-31(19-6-7-19)22-9-5-18(28)15-21(22)25/h5,8-10,15-17,19H,6-7,11-14H2,1-4H3. The van der Waals surface area contributed by atoms with Gasteiger partial charge in [0.2, 0.25) is 9.84 Å². The van der Waals surface area contributed by atoms with Crippen molar-refractivity contribution in [1.82, 2.24) is 9.47 Å². The summed E-state index contributed by atoms with van der Waals surface area (Å²) in [5, 5.41) is 0.713. The van der Waals surface area contributed by atoms with Gasteiger partial charge < -0.3 is 23.8 Å². The molecule has 37 heavy (non-hydrogen) atoms. The second-order valence-corrected chi connectivity index (χ2v) is 13.4. The molecule has 2 aromatic carbocycles. The maximum atomic E-state index is 14.0. The molecule has 1 aliphatic carbocycles. The van der Waals surface area contributed by atoms with E-state index in [0.29, 0.717) is 53.9 Å². The van der Waals surface area contributed by atoms with Gasteiger partial charge in [-0.1, -0.05) is 15.9 Å². The summed E-state index contributed by atoms with van der Waals surface area (Å²) in [5.74, 6) is 0.591. The number of carbonyl (C=O) groups is 1. The highest BCUT2D eigenvalue weighted by Gasteiger charge is 2.32. The molecule has 0 unspecified atom stereocenters. The zero-order chi connectivity index (χ0) is 26.5. The highest BCUT2D eigenvalue weighted by molar-refractivity contribution is 9.10. The number of amides is 1. The van der Waals surface area contributed by atoms with Crippen LogP contribution in [0.15, 0.2) is 56.9 Å². The van der Waals surface area contributed by atoms with Gasteiger partial charge in [0.05, 0.1) is 22.6 Å². The lowest BCUT2D eigenvalue weighted by atomic mass is 10.2. The van der Waals surface area contributed by atoms with Crippen LogP contribution in [0.5, 0.6) is 5.75 Å². The zero-order valence-corrected chi connectivity index (χ0v) is 23.9. The first-order chi connectivity index (χ1) is 17.5. The Morgan fingerprint density at radius 1 is 1.03 bits per heavy atom.